The molecule has 0 aliphatic carbocycles. The molecule has 0 amide bonds. The van der Waals surface area contributed by atoms with Crippen LogP contribution in [-0.4, -0.2) is 32.6 Å². The molecule has 160 valence electrons. The van der Waals surface area contributed by atoms with E-state index in [2.05, 4.69) is 25.8 Å². The van der Waals surface area contributed by atoms with Crippen molar-refractivity contribution in [2.24, 2.45) is 15.7 Å². The van der Waals surface area contributed by atoms with Gasteiger partial charge >= 0.3 is 120 Å². The van der Waals surface area contributed by atoms with E-state index in [-0.39, 0.29) is 11.3 Å². The van der Waals surface area contributed by atoms with Gasteiger partial charge < -0.3 is 21.0 Å². The Labute approximate surface area is 196 Å². The summed E-state index contributed by atoms with van der Waals surface area (Å²) in [5.41, 5.74) is 17.7. The number of aromatic amines is 1. The Morgan fingerprint density at radius 2 is 1.72 bits per heavy atom. The summed E-state index contributed by atoms with van der Waals surface area (Å²) in [6, 6.07) is 3.67. The molecular formula is C24H23N5O2Zn-2. The first-order chi connectivity index (χ1) is 15.2. The van der Waals surface area contributed by atoms with Crippen LogP contribution in [0.2, 0.25) is 0 Å². The first-order valence-electron chi connectivity index (χ1n) is 9.96. The van der Waals surface area contributed by atoms with Crippen LogP contribution in [0.25, 0.3) is 17.9 Å². The van der Waals surface area contributed by atoms with E-state index >= 15 is 0 Å². The third kappa shape index (κ3) is 6.31. The third-order valence-electron chi connectivity index (χ3n) is 4.22. The van der Waals surface area contributed by atoms with E-state index in [4.69, 9.17) is 16.2 Å². The van der Waals surface area contributed by atoms with Crippen molar-refractivity contribution in [3.8, 4) is 0 Å². The number of aliphatic imine (C=N–C) groups is 2. The number of carbonyl (C=O) groups excluding carboxylic acids is 1. The molecule has 1 aromatic rings. The molecule has 2 aliphatic rings. The number of ether oxygens (including phenoxy) is 1. The van der Waals surface area contributed by atoms with Crippen LogP contribution in [-0.2, 0) is 27.4 Å². The van der Waals surface area contributed by atoms with Gasteiger partial charge in [-0.25, -0.2) is 5.70 Å². The van der Waals surface area contributed by atoms with Crippen molar-refractivity contribution in [2.75, 3.05) is 0 Å². The average molecular weight is 479 g/mol. The van der Waals surface area contributed by atoms with Gasteiger partial charge in [0, 0.05) is 0 Å². The summed E-state index contributed by atoms with van der Waals surface area (Å²) in [6.07, 6.45) is 15.4. The number of nitrogens with zero attached hydrogens (tertiary/aromatic N) is 2. The average Bonchev–Trinajstić information content (AvgIpc) is 3.44. The quantitative estimate of drug-likeness (QED) is 0.161. The van der Waals surface area contributed by atoms with E-state index in [0.29, 0.717) is 5.69 Å². The van der Waals surface area contributed by atoms with Crippen molar-refractivity contribution in [1.29, 1.82) is 0 Å². The van der Waals surface area contributed by atoms with E-state index in [9.17, 15) is 4.79 Å². The fourth-order valence-electron chi connectivity index (χ4n) is 2.86. The van der Waals surface area contributed by atoms with Crippen molar-refractivity contribution in [3.63, 3.8) is 0 Å². The molecule has 0 aromatic carbocycles. The number of H-pyrrole nitrogens is 1. The zero-order valence-corrected chi connectivity index (χ0v) is 21.2. The molecule has 0 fully saturated rings. The van der Waals surface area contributed by atoms with Crippen LogP contribution in [0, 0.1) is 6.20 Å². The number of carbonyl (C=O) groups is 1. The molecule has 3 heterocycles. The molecule has 8 heteroatoms. The van der Waals surface area contributed by atoms with Gasteiger partial charge in [-0.2, -0.15) is 0 Å². The van der Waals surface area contributed by atoms with Gasteiger partial charge in [0.15, 0.2) is 0 Å². The number of esters is 1. The Kier molecular flexibility index (Phi) is 7.16. The molecule has 3 rings (SSSR count). The first-order valence-corrected chi connectivity index (χ1v) is 11.7. The number of hydrogen-bond acceptors (Lipinski definition) is 5. The molecule has 0 saturated carbocycles. The summed E-state index contributed by atoms with van der Waals surface area (Å²) in [6.45, 7) is 5.25. The summed E-state index contributed by atoms with van der Waals surface area (Å²) in [5, 5.41) is 0. The van der Waals surface area contributed by atoms with Crippen LogP contribution in [0.15, 0.2) is 75.2 Å². The fraction of sp³-hybridized carbons (Fsp3) is 0.167. The van der Waals surface area contributed by atoms with Crippen LogP contribution in [0.4, 0.5) is 0 Å². The van der Waals surface area contributed by atoms with Crippen molar-refractivity contribution < 1.29 is 27.4 Å². The molecule has 0 unspecified atom stereocenters. The number of aromatic nitrogens is 1. The van der Waals surface area contributed by atoms with Crippen LogP contribution >= 0.6 is 0 Å². The maximum atomic E-state index is 12.2. The molecule has 32 heavy (non-hydrogen) atoms. The molecule has 2 aliphatic heterocycles. The van der Waals surface area contributed by atoms with Crippen molar-refractivity contribution >= 4 is 34.2 Å². The molecular weight excluding hydrogens is 456 g/mol. The topological polar surface area (TPSA) is 117 Å². The summed E-state index contributed by atoms with van der Waals surface area (Å²) >= 11 is 1.07. The zero-order valence-electron chi connectivity index (χ0n) is 18.3. The van der Waals surface area contributed by atoms with Gasteiger partial charge in [-0.3, -0.25) is 0 Å². The van der Waals surface area contributed by atoms with Crippen LogP contribution in [0.1, 0.15) is 32.2 Å². The van der Waals surface area contributed by atoms with E-state index in [1.807, 2.05) is 42.5 Å². The van der Waals surface area contributed by atoms with Gasteiger partial charge in [-0.05, 0) is 20.8 Å². The minimum atomic E-state index is -0.687. The van der Waals surface area contributed by atoms with E-state index < -0.39 is 11.6 Å². The summed E-state index contributed by atoms with van der Waals surface area (Å²) < 4.78 is 7.35. The molecule has 1 aromatic heterocycles. The van der Waals surface area contributed by atoms with Gasteiger partial charge in [0.05, 0.1) is 5.60 Å². The van der Waals surface area contributed by atoms with Crippen molar-refractivity contribution in [1.82, 2.24) is 4.98 Å². The molecule has 0 bridgehead atoms. The second-order valence-electron chi connectivity index (χ2n) is 8.03. The Balaban J connectivity index is 1.72. The van der Waals surface area contributed by atoms with Gasteiger partial charge in [-0.15, -0.1) is 17.8 Å². The molecule has 0 atom stereocenters. The van der Waals surface area contributed by atoms with Gasteiger partial charge in [0.1, 0.15) is 0 Å². The van der Waals surface area contributed by atoms with Crippen molar-refractivity contribution in [2.45, 2.75) is 26.4 Å². The van der Waals surface area contributed by atoms with E-state index in [1.165, 1.54) is 6.08 Å². The Morgan fingerprint density at radius 1 is 1.09 bits per heavy atom. The summed E-state index contributed by atoms with van der Waals surface area (Å²) in [4.78, 5) is 24.5. The zero-order chi connectivity index (χ0) is 23.3. The second kappa shape index (κ2) is 9.83. The number of allylic oxidation sites excluding steroid dienone is 5. The van der Waals surface area contributed by atoms with Gasteiger partial charge in [-0.1, -0.05) is 0 Å². The fourth-order valence-corrected chi connectivity index (χ4v) is 3.33. The predicted molar refractivity (Wildman–Crippen MR) is 125 cm³/mol. The Hall–Kier alpha value is -3.38. The van der Waals surface area contributed by atoms with Crippen LogP contribution < -0.4 is 5.73 Å². The maximum absolute atomic E-state index is 12.2. The number of hydrogen-bond donors (Lipinski definition) is 2. The normalized spacial score (nSPS) is 19.0. The summed E-state index contributed by atoms with van der Waals surface area (Å²) in [7, 11) is 0. The van der Waals surface area contributed by atoms with Crippen molar-refractivity contribution in [3.05, 3.63) is 88.5 Å². The van der Waals surface area contributed by atoms with E-state index in [0.717, 1.165) is 46.4 Å². The number of nitrogens with two attached hydrogens (primary N) is 1. The molecule has 0 spiro atoms. The number of nitrogens with one attached hydrogen (secondary N) is 2. The van der Waals surface area contributed by atoms with E-state index in [1.54, 1.807) is 26.8 Å². The molecule has 4 N–H and O–H groups in total. The monoisotopic (exact) mass is 477 g/mol. The molecule has 0 radical (unpaired) electrons. The SMILES string of the molecule is CC(C)(C)OC(=O)C(=[C-]N)C([NH-])=Cc1ccc(C=C2C=CC(C=C3C=CC([CH]=[Zn])=N3)=N2)[nH]1. The summed E-state index contributed by atoms with van der Waals surface area (Å²) in [5.74, 6) is -0.686. The van der Waals surface area contributed by atoms with Crippen LogP contribution in [0.5, 0.6) is 0 Å². The minimum absolute atomic E-state index is 0.0910. The standard InChI is InChI=1S/C24H24N5O2.Zn/c1-15-5-6-16(27-15)11-17-7-8-18(28-17)12-19-9-10-20(29-19)13-22(26)21(14-25)23(30)31-24(2,3)4;/h1,5-13H,2-4H3,(H5,25,26,27,28,29,30);/q-1;/p-1. The Bertz CT molecular complexity index is 1180. The first kappa shape index (κ1) is 23.3. The molecule has 0 saturated heterocycles. The third-order valence-corrected chi connectivity index (χ3v) is 5.10. The van der Waals surface area contributed by atoms with Gasteiger partial charge in [0.25, 0.3) is 0 Å². The Morgan fingerprint density at radius 3 is 2.34 bits per heavy atom. The van der Waals surface area contributed by atoms with Crippen LogP contribution in [0.3, 0.4) is 0 Å². The predicted octanol–water partition coefficient (Wildman–Crippen LogP) is 3.99. The second-order valence-corrected chi connectivity index (χ2v) is 8.89. The van der Waals surface area contributed by atoms with Gasteiger partial charge in [0.2, 0.25) is 5.97 Å². The molecule has 7 nitrogen and oxygen atoms in total. The number of rotatable bonds is 6.